The fourth-order valence-corrected chi connectivity index (χ4v) is 2.09. The van der Waals surface area contributed by atoms with E-state index in [2.05, 4.69) is 44.0 Å². The molecule has 0 heteroatoms. The first kappa shape index (κ1) is 13.8. The van der Waals surface area contributed by atoms with Gasteiger partial charge in [0.05, 0.1) is 0 Å². The Labute approximate surface area is 106 Å². The Hall–Kier alpha value is -1.22. The highest BCUT2D eigenvalue weighted by molar-refractivity contribution is 5.29. The second-order valence-corrected chi connectivity index (χ2v) is 4.66. The number of rotatable bonds is 7. The zero-order valence-corrected chi connectivity index (χ0v) is 11.1. The van der Waals surface area contributed by atoms with Crippen LogP contribution in [-0.4, -0.2) is 0 Å². The monoisotopic (exact) mass is 227 g/mol. The Morgan fingerprint density at radius 3 is 2.29 bits per heavy atom. The van der Waals surface area contributed by atoms with Crippen LogP contribution in [0.3, 0.4) is 0 Å². The maximum Gasteiger partial charge on any atom is 0.0459 e. The molecule has 0 N–H and O–H groups in total. The third-order valence-electron chi connectivity index (χ3n) is 3.28. The summed E-state index contributed by atoms with van der Waals surface area (Å²) in [5.74, 6) is 2.77. The van der Waals surface area contributed by atoms with E-state index < -0.39 is 0 Å². The fourth-order valence-electron chi connectivity index (χ4n) is 2.09. The van der Waals surface area contributed by atoms with Crippen LogP contribution in [0.4, 0.5) is 0 Å². The predicted molar refractivity (Wildman–Crippen MR) is 74.5 cm³/mol. The van der Waals surface area contributed by atoms with Crippen LogP contribution in [0.25, 0.3) is 0 Å². The Kier molecular flexibility index (Phi) is 6.48. The minimum absolute atomic E-state index is 0.171. The van der Waals surface area contributed by atoms with Crippen molar-refractivity contribution in [2.45, 2.75) is 58.3 Å². The Morgan fingerprint density at radius 1 is 1.06 bits per heavy atom. The van der Waals surface area contributed by atoms with E-state index >= 15 is 0 Å². The minimum Gasteiger partial charge on any atom is -0.0809 e. The van der Waals surface area contributed by atoms with Crippen molar-refractivity contribution >= 4 is 0 Å². The molecule has 1 atom stereocenters. The first-order valence-electron chi connectivity index (χ1n) is 6.82. The largest absolute Gasteiger partial charge is 0.0809 e. The highest BCUT2D eigenvalue weighted by atomic mass is 14.1. The first-order valence-corrected chi connectivity index (χ1v) is 6.82. The number of unbranched alkanes of at least 4 members (excludes halogenated alkanes) is 3. The van der Waals surface area contributed by atoms with Crippen molar-refractivity contribution in [2.75, 3.05) is 0 Å². The van der Waals surface area contributed by atoms with Gasteiger partial charge in [-0.2, -0.15) is 0 Å². The van der Waals surface area contributed by atoms with Crippen molar-refractivity contribution in [1.82, 2.24) is 0 Å². The van der Waals surface area contributed by atoms with Gasteiger partial charge < -0.3 is 0 Å². The van der Waals surface area contributed by atoms with Gasteiger partial charge in [-0.15, -0.1) is 0 Å². The van der Waals surface area contributed by atoms with Gasteiger partial charge in [-0.3, -0.25) is 0 Å². The maximum absolute atomic E-state index is 7.26. The topological polar surface area (TPSA) is 0 Å². The van der Waals surface area contributed by atoms with Gasteiger partial charge in [0, 0.05) is 5.92 Å². The minimum atomic E-state index is 0.171. The lowest BCUT2D eigenvalue weighted by Gasteiger charge is -2.09. The van der Waals surface area contributed by atoms with Crippen molar-refractivity contribution in [3.05, 3.63) is 41.8 Å². The molecule has 0 aromatic heterocycles. The molecule has 0 fully saturated rings. The van der Waals surface area contributed by atoms with Gasteiger partial charge >= 0.3 is 0 Å². The molecule has 0 saturated carbocycles. The summed E-state index contributed by atoms with van der Waals surface area (Å²) >= 11 is 0. The van der Waals surface area contributed by atoms with E-state index in [1.165, 1.54) is 43.2 Å². The van der Waals surface area contributed by atoms with E-state index in [4.69, 9.17) is 6.42 Å². The van der Waals surface area contributed by atoms with E-state index in [9.17, 15) is 0 Å². The van der Waals surface area contributed by atoms with Crippen LogP contribution in [0.15, 0.2) is 24.3 Å². The molecule has 0 aliphatic heterocycles. The van der Waals surface area contributed by atoms with E-state index in [0.717, 1.165) is 6.42 Å². The van der Waals surface area contributed by atoms with Gasteiger partial charge in [-0.25, -0.2) is 0 Å². The molecule has 1 aromatic rings. The second-order valence-electron chi connectivity index (χ2n) is 4.66. The fraction of sp³-hybridized carbons (Fsp3) is 0.529. The van der Waals surface area contributed by atoms with Crippen LogP contribution in [0.2, 0.25) is 0 Å². The normalized spacial score (nSPS) is 12.1. The summed E-state index contributed by atoms with van der Waals surface area (Å²) in [4.78, 5) is 0. The molecule has 0 spiro atoms. The molecule has 1 radical (unpaired) electrons. The van der Waals surface area contributed by atoms with E-state index in [-0.39, 0.29) is 5.92 Å². The standard InChI is InChI=1S/C17H23/c1-4-7-8-9-10-15-11-13-17(14-12-15)16(5-2)6-3/h11-14,16H,4-5,7-10H2,1-2H3. The highest BCUT2D eigenvalue weighted by Crippen LogP contribution is 2.19. The van der Waals surface area contributed by atoms with Crippen LogP contribution in [-0.2, 0) is 6.42 Å². The summed E-state index contributed by atoms with van der Waals surface area (Å²) in [6.45, 7) is 4.35. The summed E-state index contributed by atoms with van der Waals surface area (Å²) in [5, 5.41) is 0. The summed E-state index contributed by atoms with van der Waals surface area (Å²) in [5.41, 5.74) is 2.64. The lowest BCUT2D eigenvalue weighted by Crippen LogP contribution is -1.94. The Morgan fingerprint density at radius 2 is 1.76 bits per heavy atom. The van der Waals surface area contributed by atoms with Crippen molar-refractivity contribution < 1.29 is 0 Å². The van der Waals surface area contributed by atoms with Gasteiger partial charge in [-0.05, 0) is 36.8 Å². The molecule has 0 heterocycles. The van der Waals surface area contributed by atoms with Crippen LogP contribution >= 0.6 is 0 Å². The van der Waals surface area contributed by atoms with Gasteiger partial charge in [0.1, 0.15) is 0 Å². The Bertz CT molecular complexity index is 339. The predicted octanol–water partition coefficient (Wildman–Crippen LogP) is 4.89. The van der Waals surface area contributed by atoms with Gasteiger partial charge in [-0.1, -0.05) is 63.3 Å². The van der Waals surface area contributed by atoms with Crippen LogP contribution in [0.5, 0.6) is 0 Å². The second kappa shape index (κ2) is 7.96. The summed E-state index contributed by atoms with van der Waals surface area (Å²) in [6, 6.07) is 8.73. The van der Waals surface area contributed by atoms with Crippen molar-refractivity contribution in [3.63, 3.8) is 0 Å². The van der Waals surface area contributed by atoms with Gasteiger partial charge in [0.25, 0.3) is 0 Å². The third-order valence-corrected chi connectivity index (χ3v) is 3.28. The number of hydrogen-bond acceptors (Lipinski definition) is 0. The van der Waals surface area contributed by atoms with E-state index in [0.29, 0.717) is 0 Å². The molecular weight excluding hydrogens is 204 g/mol. The van der Waals surface area contributed by atoms with Crippen molar-refractivity contribution in [2.24, 2.45) is 0 Å². The molecule has 0 aliphatic rings. The van der Waals surface area contributed by atoms with Gasteiger partial charge in [0.15, 0.2) is 0 Å². The molecule has 1 aromatic carbocycles. The smallest absolute Gasteiger partial charge is 0.0459 e. The molecule has 1 rings (SSSR count). The molecule has 0 amide bonds. The van der Waals surface area contributed by atoms with Crippen molar-refractivity contribution in [3.8, 4) is 5.92 Å². The lowest BCUT2D eigenvalue weighted by molar-refractivity contribution is 0.666. The summed E-state index contributed by atoms with van der Waals surface area (Å²) < 4.78 is 0. The number of benzene rings is 1. The summed E-state index contributed by atoms with van der Waals surface area (Å²) in [6.07, 6.45) is 14.7. The zero-order valence-electron chi connectivity index (χ0n) is 11.1. The highest BCUT2D eigenvalue weighted by Gasteiger charge is 2.04. The third kappa shape index (κ3) is 4.65. The average Bonchev–Trinajstić information content (AvgIpc) is 2.38. The quantitative estimate of drug-likeness (QED) is 0.459. The zero-order chi connectivity index (χ0) is 12.5. The van der Waals surface area contributed by atoms with E-state index in [1.54, 1.807) is 0 Å². The van der Waals surface area contributed by atoms with Crippen LogP contribution in [0.1, 0.15) is 63.0 Å². The first-order chi connectivity index (χ1) is 8.31. The van der Waals surface area contributed by atoms with Crippen molar-refractivity contribution in [1.29, 1.82) is 0 Å². The summed E-state index contributed by atoms with van der Waals surface area (Å²) in [7, 11) is 0. The van der Waals surface area contributed by atoms with E-state index in [1.807, 2.05) is 0 Å². The number of hydrogen-bond donors (Lipinski definition) is 0. The van der Waals surface area contributed by atoms with Crippen LogP contribution < -0.4 is 0 Å². The molecule has 1 unspecified atom stereocenters. The maximum atomic E-state index is 7.26. The van der Waals surface area contributed by atoms with Crippen LogP contribution in [0, 0.1) is 12.3 Å². The number of aryl methyl sites for hydroxylation is 1. The lowest BCUT2D eigenvalue weighted by atomic mass is 9.95. The van der Waals surface area contributed by atoms with Gasteiger partial charge in [0.2, 0.25) is 0 Å². The Balaban J connectivity index is 2.48. The molecule has 0 aliphatic carbocycles. The molecule has 0 saturated heterocycles. The molecule has 17 heavy (non-hydrogen) atoms. The molecule has 0 bridgehead atoms. The SMILES string of the molecule is [C]#CC(CC)c1ccc(CCCCCC)cc1. The molecule has 91 valence electrons. The average molecular weight is 227 g/mol. The molecule has 0 nitrogen and oxygen atoms in total. The molecular formula is C17H23.